The van der Waals surface area contributed by atoms with Gasteiger partial charge in [-0.05, 0) is 43.3 Å². The number of alkyl carbamates (subject to hydrolysis) is 1. The summed E-state index contributed by atoms with van der Waals surface area (Å²) in [5.74, 6) is -1.13. The van der Waals surface area contributed by atoms with Gasteiger partial charge >= 0.3 is 6.09 Å². The van der Waals surface area contributed by atoms with Crippen molar-refractivity contribution >= 4 is 6.09 Å². The Morgan fingerprint density at radius 2 is 1.96 bits per heavy atom. The van der Waals surface area contributed by atoms with E-state index in [1.54, 1.807) is 20.8 Å². The van der Waals surface area contributed by atoms with E-state index in [9.17, 15) is 13.6 Å². The van der Waals surface area contributed by atoms with Crippen LogP contribution >= 0.6 is 0 Å². The van der Waals surface area contributed by atoms with Crippen LogP contribution in [0.1, 0.15) is 32.2 Å². The maximum absolute atomic E-state index is 13.7. The predicted molar refractivity (Wildman–Crippen MR) is 76.4 cm³/mol. The predicted octanol–water partition coefficient (Wildman–Crippen LogP) is 2.02. The SMILES string of the molecule is CC(C)(C)OC(=O)NCc1nnnn1Cc1c(F)cccc1F. The van der Waals surface area contributed by atoms with E-state index < -0.39 is 23.3 Å². The zero-order chi connectivity index (χ0) is 17.0. The molecule has 0 spiro atoms. The summed E-state index contributed by atoms with van der Waals surface area (Å²) in [6.07, 6.45) is -0.635. The number of halogens is 2. The smallest absolute Gasteiger partial charge is 0.408 e. The van der Waals surface area contributed by atoms with Gasteiger partial charge in [0.15, 0.2) is 5.82 Å². The largest absolute Gasteiger partial charge is 0.444 e. The molecular formula is C14H17F2N5O2. The van der Waals surface area contributed by atoms with E-state index in [4.69, 9.17) is 4.74 Å². The Labute approximate surface area is 131 Å². The molecule has 23 heavy (non-hydrogen) atoms. The lowest BCUT2D eigenvalue weighted by molar-refractivity contribution is 0.0521. The van der Waals surface area contributed by atoms with Gasteiger partial charge in [-0.1, -0.05) is 6.07 Å². The number of carbonyl (C=O) groups is 1. The summed E-state index contributed by atoms with van der Waals surface area (Å²) >= 11 is 0. The molecule has 1 N–H and O–H groups in total. The molecule has 2 aromatic rings. The fourth-order valence-electron chi connectivity index (χ4n) is 1.77. The summed E-state index contributed by atoms with van der Waals surface area (Å²) in [7, 11) is 0. The number of nitrogens with one attached hydrogen (secondary N) is 1. The topological polar surface area (TPSA) is 81.9 Å². The maximum atomic E-state index is 13.7. The molecule has 7 nitrogen and oxygen atoms in total. The van der Waals surface area contributed by atoms with E-state index in [1.165, 1.54) is 10.7 Å². The minimum atomic E-state index is -0.688. The first-order valence-corrected chi connectivity index (χ1v) is 6.91. The second kappa shape index (κ2) is 6.67. The Morgan fingerprint density at radius 3 is 2.57 bits per heavy atom. The van der Waals surface area contributed by atoms with Gasteiger partial charge in [-0.25, -0.2) is 18.3 Å². The molecule has 1 heterocycles. The molecule has 9 heteroatoms. The first kappa shape index (κ1) is 16.8. The number of ether oxygens (including phenoxy) is 1. The third-order valence-electron chi connectivity index (χ3n) is 2.77. The van der Waals surface area contributed by atoms with Crippen molar-refractivity contribution in [3.05, 3.63) is 41.2 Å². The van der Waals surface area contributed by atoms with E-state index in [1.807, 2.05) is 0 Å². The fraction of sp³-hybridized carbons (Fsp3) is 0.429. The number of amides is 1. The lowest BCUT2D eigenvalue weighted by Crippen LogP contribution is -2.33. The molecule has 1 aromatic carbocycles. The van der Waals surface area contributed by atoms with Crippen molar-refractivity contribution in [3.8, 4) is 0 Å². The van der Waals surface area contributed by atoms with Crippen LogP contribution in [0.3, 0.4) is 0 Å². The first-order valence-electron chi connectivity index (χ1n) is 6.91. The highest BCUT2D eigenvalue weighted by Crippen LogP contribution is 2.13. The average molecular weight is 325 g/mol. The summed E-state index contributed by atoms with van der Waals surface area (Å²) < 4.78 is 33.6. The Kier molecular flexibility index (Phi) is 4.87. The van der Waals surface area contributed by atoms with E-state index >= 15 is 0 Å². The second-order valence-corrected chi connectivity index (χ2v) is 5.81. The van der Waals surface area contributed by atoms with Gasteiger partial charge in [-0.2, -0.15) is 0 Å². The normalized spacial score (nSPS) is 11.3. The molecule has 0 fully saturated rings. The van der Waals surface area contributed by atoms with Gasteiger partial charge < -0.3 is 10.1 Å². The molecule has 1 amide bonds. The summed E-state index contributed by atoms with van der Waals surface area (Å²) in [4.78, 5) is 11.6. The van der Waals surface area contributed by atoms with Gasteiger partial charge in [0.05, 0.1) is 13.1 Å². The quantitative estimate of drug-likeness (QED) is 0.930. The third-order valence-corrected chi connectivity index (χ3v) is 2.77. The van der Waals surface area contributed by atoms with Crippen molar-refractivity contribution in [2.45, 2.75) is 39.5 Å². The summed E-state index contributed by atoms with van der Waals surface area (Å²) in [6.45, 7) is 4.99. The highest BCUT2D eigenvalue weighted by molar-refractivity contribution is 5.67. The second-order valence-electron chi connectivity index (χ2n) is 5.81. The van der Waals surface area contributed by atoms with E-state index in [-0.39, 0.29) is 24.5 Å². The van der Waals surface area contributed by atoms with Gasteiger partial charge in [0.25, 0.3) is 0 Å². The molecule has 0 unspecified atom stereocenters. The van der Waals surface area contributed by atoms with Gasteiger partial charge in [0, 0.05) is 5.56 Å². The van der Waals surface area contributed by atoms with Gasteiger partial charge in [-0.3, -0.25) is 0 Å². The molecule has 0 saturated heterocycles. The van der Waals surface area contributed by atoms with Gasteiger partial charge in [0.1, 0.15) is 17.2 Å². The molecule has 0 atom stereocenters. The van der Waals surface area contributed by atoms with Crippen molar-refractivity contribution in [3.63, 3.8) is 0 Å². The maximum Gasteiger partial charge on any atom is 0.408 e. The Balaban J connectivity index is 2.04. The van der Waals surface area contributed by atoms with Crippen molar-refractivity contribution in [1.82, 2.24) is 25.5 Å². The number of hydrogen-bond acceptors (Lipinski definition) is 5. The minimum Gasteiger partial charge on any atom is -0.444 e. The highest BCUT2D eigenvalue weighted by Gasteiger charge is 2.18. The molecule has 0 radical (unpaired) electrons. The van der Waals surface area contributed by atoms with E-state index in [0.29, 0.717) is 0 Å². The average Bonchev–Trinajstić information content (AvgIpc) is 2.86. The third kappa shape index (κ3) is 4.70. The molecule has 2 rings (SSSR count). The molecule has 0 aliphatic carbocycles. The molecule has 124 valence electrons. The van der Waals surface area contributed by atoms with Crippen molar-refractivity contribution in [2.24, 2.45) is 0 Å². The van der Waals surface area contributed by atoms with Crippen molar-refractivity contribution < 1.29 is 18.3 Å². The van der Waals surface area contributed by atoms with Crippen LogP contribution in [0.5, 0.6) is 0 Å². The van der Waals surface area contributed by atoms with Crippen LogP contribution < -0.4 is 5.32 Å². The Morgan fingerprint density at radius 1 is 1.30 bits per heavy atom. The number of carbonyl (C=O) groups excluding carboxylic acids is 1. The monoisotopic (exact) mass is 325 g/mol. The number of nitrogens with zero attached hydrogens (tertiary/aromatic N) is 4. The molecule has 0 saturated carbocycles. The van der Waals surface area contributed by atoms with Crippen molar-refractivity contribution in [2.75, 3.05) is 0 Å². The number of tetrazole rings is 1. The summed E-state index contributed by atoms with van der Waals surface area (Å²) in [5.41, 5.74) is -0.787. The Hall–Kier alpha value is -2.58. The van der Waals surface area contributed by atoms with Crippen LogP contribution in [0.4, 0.5) is 13.6 Å². The van der Waals surface area contributed by atoms with Crippen LogP contribution in [0.25, 0.3) is 0 Å². The van der Waals surface area contributed by atoms with Gasteiger partial charge in [-0.15, -0.1) is 5.10 Å². The minimum absolute atomic E-state index is 0.0298. The summed E-state index contributed by atoms with van der Waals surface area (Å²) in [5, 5.41) is 13.3. The molecular weight excluding hydrogens is 308 g/mol. The van der Waals surface area contributed by atoms with Crippen molar-refractivity contribution in [1.29, 1.82) is 0 Å². The highest BCUT2D eigenvalue weighted by atomic mass is 19.1. The number of benzene rings is 1. The van der Waals surface area contributed by atoms with E-state index in [2.05, 4.69) is 20.8 Å². The Bertz CT molecular complexity index is 676. The van der Waals surface area contributed by atoms with Crippen LogP contribution in [-0.2, 0) is 17.8 Å². The standard InChI is InChI=1S/C14H17F2N5O2/c1-14(2,3)23-13(22)17-7-12-18-19-20-21(12)8-9-10(15)5-4-6-11(9)16/h4-6H,7-8H2,1-3H3,(H,17,22). The van der Waals surface area contributed by atoms with E-state index in [0.717, 1.165) is 12.1 Å². The summed E-state index contributed by atoms with van der Waals surface area (Å²) in [6, 6.07) is 3.58. The number of hydrogen-bond donors (Lipinski definition) is 1. The molecule has 0 bridgehead atoms. The number of aromatic nitrogens is 4. The van der Waals surface area contributed by atoms with Crippen LogP contribution in [0.15, 0.2) is 18.2 Å². The molecule has 0 aliphatic heterocycles. The zero-order valence-corrected chi connectivity index (χ0v) is 13.0. The lowest BCUT2D eigenvalue weighted by Gasteiger charge is -2.19. The molecule has 1 aromatic heterocycles. The van der Waals surface area contributed by atoms with Gasteiger partial charge in [0.2, 0.25) is 0 Å². The van der Waals surface area contributed by atoms with Crippen LogP contribution in [0, 0.1) is 11.6 Å². The lowest BCUT2D eigenvalue weighted by atomic mass is 10.2. The fourth-order valence-corrected chi connectivity index (χ4v) is 1.77. The number of rotatable bonds is 4. The van der Waals surface area contributed by atoms with Crippen LogP contribution in [0.2, 0.25) is 0 Å². The first-order chi connectivity index (χ1) is 10.8. The molecule has 0 aliphatic rings. The van der Waals surface area contributed by atoms with Crippen LogP contribution in [-0.4, -0.2) is 31.9 Å². The zero-order valence-electron chi connectivity index (χ0n) is 13.0.